The number of alkyl halides is 3. The fourth-order valence-electron chi connectivity index (χ4n) is 2.13. The SMILES string of the molecule is CCNc1cccc(Nc2ncc(C(F)(F)F)c(NC)n2)c1C=N. The molecule has 0 fully saturated rings. The fraction of sp³-hybridized carbons (Fsp3) is 0.267. The van der Waals surface area contributed by atoms with E-state index < -0.39 is 11.7 Å². The van der Waals surface area contributed by atoms with Crippen LogP contribution in [-0.2, 0) is 6.18 Å². The predicted molar refractivity (Wildman–Crippen MR) is 88.4 cm³/mol. The van der Waals surface area contributed by atoms with E-state index in [-0.39, 0.29) is 11.8 Å². The molecule has 0 aliphatic carbocycles. The molecular weight excluding hydrogens is 321 g/mol. The molecule has 0 spiro atoms. The van der Waals surface area contributed by atoms with Crippen LogP contribution >= 0.6 is 0 Å². The van der Waals surface area contributed by atoms with Crippen molar-refractivity contribution >= 4 is 29.4 Å². The molecule has 1 aromatic heterocycles. The van der Waals surface area contributed by atoms with Crippen molar-refractivity contribution in [2.45, 2.75) is 13.1 Å². The number of benzene rings is 1. The van der Waals surface area contributed by atoms with Crippen molar-refractivity contribution in [2.75, 3.05) is 29.5 Å². The summed E-state index contributed by atoms with van der Waals surface area (Å²) in [5, 5.41) is 15.9. The van der Waals surface area contributed by atoms with Gasteiger partial charge in [-0.15, -0.1) is 0 Å². The van der Waals surface area contributed by atoms with Crippen LogP contribution in [-0.4, -0.2) is 29.8 Å². The van der Waals surface area contributed by atoms with Crippen molar-refractivity contribution in [3.8, 4) is 0 Å². The summed E-state index contributed by atoms with van der Waals surface area (Å²) < 4.78 is 38.6. The van der Waals surface area contributed by atoms with Crippen molar-refractivity contribution in [1.82, 2.24) is 9.97 Å². The number of hydrogen-bond acceptors (Lipinski definition) is 6. The molecule has 0 aliphatic heterocycles. The quantitative estimate of drug-likeness (QED) is 0.603. The largest absolute Gasteiger partial charge is 0.421 e. The lowest BCUT2D eigenvalue weighted by Gasteiger charge is -2.15. The van der Waals surface area contributed by atoms with Gasteiger partial charge in [0.05, 0.1) is 5.69 Å². The van der Waals surface area contributed by atoms with Gasteiger partial charge < -0.3 is 21.4 Å². The number of rotatable bonds is 6. The Labute approximate surface area is 137 Å². The first-order valence-electron chi connectivity index (χ1n) is 7.17. The highest BCUT2D eigenvalue weighted by Crippen LogP contribution is 2.34. The van der Waals surface area contributed by atoms with Gasteiger partial charge in [-0.2, -0.15) is 18.2 Å². The van der Waals surface area contributed by atoms with Gasteiger partial charge >= 0.3 is 6.18 Å². The smallest absolute Gasteiger partial charge is 0.385 e. The van der Waals surface area contributed by atoms with Gasteiger partial charge in [0.2, 0.25) is 5.95 Å². The Morgan fingerprint density at radius 1 is 1.25 bits per heavy atom. The van der Waals surface area contributed by atoms with Crippen LogP contribution in [0.4, 0.5) is 36.3 Å². The zero-order valence-electron chi connectivity index (χ0n) is 13.1. The topological polar surface area (TPSA) is 85.7 Å². The number of anilines is 4. The van der Waals surface area contributed by atoms with Gasteiger partial charge in [-0.05, 0) is 19.1 Å². The van der Waals surface area contributed by atoms with Crippen molar-refractivity contribution in [3.63, 3.8) is 0 Å². The van der Waals surface area contributed by atoms with Gasteiger partial charge in [-0.3, -0.25) is 0 Å². The summed E-state index contributed by atoms with van der Waals surface area (Å²) in [6.07, 6.45) is -2.66. The Bertz CT molecular complexity index is 730. The lowest BCUT2D eigenvalue weighted by molar-refractivity contribution is -0.137. The van der Waals surface area contributed by atoms with E-state index in [0.29, 0.717) is 17.8 Å². The van der Waals surface area contributed by atoms with Gasteiger partial charge in [-0.25, -0.2) is 4.98 Å². The molecule has 0 saturated heterocycles. The van der Waals surface area contributed by atoms with Gasteiger partial charge in [-0.1, -0.05) is 6.07 Å². The van der Waals surface area contributed by atoms with E-state index in [1.165, 1.54) is 7.05 Å². The number of nitrogens with one attached hydrogen (secondary N) is 4. The fourth-order valence-corrected chi connectivity index (χ4v) is 2.13. The Hall–Kier alpha value is -2.84. The maximum absolute atomic E-state index is 12.9. The van der Waals surface area contributed by atoms with Crippen LogP contribution in [0.25, 0.3) is 0 Å². The molecule has 0 unspecified atom stereocenters. The zero-order valence-corrected chi connectivity index (χ0v) is 13.1. The third-order valence-corrected chi connectivity index (χ3v) is 3.20. The average Bonchev–Trinajstić information content (AvgIpc) is 2.54. The lowest BCUT2D eigenvalue weighted by Crippen LogP contribution is -2.13. The molecular formula is C15H17F3N6. The number of aromatic nitrogens is 2. The highest BCUT2D eigenvalue weighted by Gasteiger charge is 2.35. The Kier molecular flexibility index (Phi) is 5.22. The van der Waals surface area contributed by atoms with E-state index in [9.17, 15) is 13.2 Å². The molecule has 6 nitrogen and oxygen atoms in total. The van der Waals surface area contributed by atoms with Gasteiger partial charge in [0.15, 0.2) is 0 Å². The molecule has 0 saturated carbocycles. The summed E-state index contributed by atoms with van der Waals surface area (Å²) in [5.41, 5.74) is 0.876. The van der Waals surface area contributed by atoms with Crippen molar-refractivity contribution in [3.05, 3.63) is 35.5 Å². The van der Waals surface area contributed by atoms with Crippen LogP contribution in [0.2, 0.25) is 0 Å². The molecule has 128 valence electrons. The van der Waals surface area contributed by atoms with Crippen LogP contribution in [0.5, 0.6) is 0 Å². The molecule has 4 N–H and O–H groups in total. The second kappa shape index (κ2) is 7.16. The molecule has 24 heavy (non-hydrogen) atoms. The van der Waals surface area contributed by atoms with Crippen LogP contribution < -0.4 is 16.0 Å². The molecule has 0 atom stereocenters. The minimum Gasteiger partial charge on any atom is -0.385 e. The van der Waals surface area contributed by atoms with Gasteiger partial charge in [0.25, 0.3) is 0 Å². The van der Waals surface area contributed by atoms with E-state index >= 15 is 0 Å². The molecule has 0 radical (unpaired) electrons. The third kappa shape index (κ3) is 3.73. The first-order valence-corrected chi connectivity index (χ1v) is 7.17. The molecule has 0 amide bonds. The molecule has 2 aromatic rings. The molecule has 0 aliphatic rings. The minimum absolute atomic E-state index is 0.00379. The maximum atomic E-state index is 12.9. The Morgan fingerprint density at radius 3 is 2.54 bits per heavy atom. The second-order valence-electron chi connectivity index (χ2n) is 4.77. The predicted octanol–water partition coefficient (Wildman–Crippen LogP) is 3.71. The van der Waals surface area contributed by atoms with Crippen molar-refractivity contribution in [2.24, 2.45) is 0 Å². The highest BCUT2D eigenvalue weighted by atomic mass is 19.4. The third-order valence-electron chi connectivity index (χ3n) is 3.20. The Balaban J connectivity index is 2.38. The normalized spacial score (nSPS) is 11.0. The van der Waals surface area contributed by atoms with Crippen LogP contribution in [0, 0.1) is 5.41 Å². The molecule has 1 aromatic carbocycles. The molecule has 0 bridgehead atoms. The Morgan fingerprint density at radius 2 is 1.96 bits per heavy atom. The molecule has 1 heterocycles. The maximum Gasteiger partial charge on any atom is 0.421 e. The summed E-state index contributed by atoms with van der Waals surface area (Å²) in [5.74, 6) is -0.316. The molecule has 9 heteroatoms. The summed E-state index contributed by atoms with van der Waals surface area (Å²) in [4.78, 5) is 7.58. The summed E-state index contributed by atoms with van der Waals surface area (Å²) in [6.45, 7) is 2.59. The summed E-state index contributed by atoms with van der Waals surface area (Å²) in [6, 6.07) is 5.26. The zero-order chi connectivity index (χ0) is 17.7. The first kappa shape index (κ1) is 17.5. The van der Waals surface area contributed by atoms with E-state index in [1.807, 2.05) is 13.0 Å². The highest BCUT2D eigenvalue weighted by molar-refractivity contribution is 5.94. The average molecular weight is 338 g/mol. The van der Waals surface area contributed by atoms with Crippen LogP contribution in [0.1, 0.15) is 18.1 Å². The lowest BCUT2D eigenvalue weighted by atomic mass is 10.1. The summed E-state index contributed by atoms with van der Waals surface area (Å²) >= 11 is 0. The van der Waals surface area contributed by atoms with Gasteiger partial charge in [0, 0.05) is 37.3 Å². The van der Waals surface area contributed by atoms with Gasteiger partial charge in [0.1, 0.15) is 11.4 Å². The van der Waals surface area contributed by atoms with Crippen LogP contribution in [0.15, 0.2) is 24.4 Å². The standard InChI is InChI=1S/C15H17F3N6/c1-3-21-11-5-4-6-12(9(11)7-19)23-14-22-8-10(15(16,17)18)13(20-2)24-14/h4-8,19,21H,3H2,1-2H3,(H2,20,22,23,24). The van der Waals surface area contributed by atoms with Crippen LogP contribution in [0.3, 0.4) is 0 Å². The molecule has 2 rings (SSSR count). The van der Waals surface area contributed by atoms with E-state index in [2.05, 4.69) is 25.9 Å². The second-order valence-corrected chi connectivity index (χ2v) is 4.77. The summed E-state index contributed by atoms with van der Waals surface area (Å²) in [7, 11) is 1.36. The number of halogens is 3. The van der Waals surface area contributed by atoms with Crippen molar-refractivity contribution < 1.29 is 13.2 Å². The monoisotopic (exact) mass is 338 g/mol. The van der Waals surface area contributed by atoms with E-state index in [1.54, 1.807) is 12.1 Å². The van der Waals surface area contributed by atoms with Crippen molar-refractivity contribution in [1.29, 1.82) is 5.41 Å². The van der Waals surface area contributed by atoms with E-state index in [4.69, 9.17) is 5.41 Å². The minimum atomic E-state index is -4.54. The van der Waals surface area contributed by atoms with E-state index in [0.717, 1.165) is 18.1 Å². The first-order chi connectivity index (χ1) is 11.4. The number of nitrogens with zero attached hydrogens (tertiary/aromatic N) is 2. The number of hydrogen-bond donors (Lipinski definition) is 4.